The summed E-state index contributed by atoms with van der Waals surface area (Å²) in [5.41, 5.74) is 4.17. The van der Waals surface area contributed by atoms with Crippen LogP contribution in [0.25, 0.3) is 0 Å². The number of halogens is 1. The van der Waals surface area contributed by atoms with E-state index in [9.17, 15) is 14.0 Å². The largest absolute Gasteiger partial charge is 0.377 e. The van der Waals surface area contributed by atoms with Crippen LogP contribution in [0.3, 0.4) is 0 Å². The van der Waals surface area contributed by atoms with Gasteiger partial charge in [0.1, 0.15) is 5.82 Å². The SMILES string of the molecule is O=C(Nc1ccccc1F)C1CN(CC2CCCO2)CC2C(=O)N(c3ccccc3)NC12. The first kappa shape index (κ1) is 21.1. The minimum absolute atomic E-state index is 0.0538. The Morgan fingerprint density at radius 3 is 2.66 bits per heavy atom. The third kappa shape index (κ3) is 4.13. The Kier molecular flexibility index (Phi) is 5.91. The third-order valence-corrected chi connectivity index (χ3v) is 6.56. The molecular weight excluding hydrogens is 411 g/mol. The van der Waals surface area contributed by atoms with Gasteiger partial charge in [-0.2, -0.15) is 0 Å². The van der Waals surface area contributed by atoms with Crippen molar-refractivity contribution in [3.05, 3.63) is 60.4 Å². The fraction of sp³-hybridized carbons (Fsp3) is 0.417. The van der Waals surface area contributed by atoms with Gasteiger partial charge >= 0.3 is 0 Å². The van der Waals surface area contributed by atoms with Crippen molar-refractivity contribution in [3.8, 4) is 0 Å². The fourth-order valence-corrected chi connectivity index (χ4v) is 4.97. The van der Waals surface area contributed by atoms with E-state index in [1.165, 1.54) is 6.07 Å². The summed E-state index contributed by atoms with van der Waals surface area (Å²) in [6.07, 6.45) is 2.14. The molecule has 2 N–H and O–H groups in total. The number of carbonyl (C=O) groups is 2. The standard InChI is InChI=1S/C24H27FN4O3/c25-20-10-4-5-11-21(20)26-23(30)18-14-28(13-17-9-6-12-32-17)15-19-22(18)27-29(24(19)31)16-7-2-1-3-8-16/h1-5,7-8,10-11,17-19,22,27H,6,9,12-15H2,(H,26,30). The molecule has 0 aliphatic carbocycles. The Morgan fingerprint density at radius 1 is 1.12 bits per heavy atom. The number of rotatable bonds is 5. The average molecular weight is 439 g/mol. The van der Waals surface area contributed by atoms with Gasteiger partial charge in [0.2, 0.25) is 11.8 Å². The Labute approximate surface area is 186 Å². The Balaban J connectivity index is 1.39. The van der Waals surface area contributed by atoms with Crippen LogP contribution in [0.1, 0.15) is 12.8 Å². The molecule has 3 fully saturated rings. The van der Waals surface area contributed by atoms with Crippen LogP contribution in [0.4, 0.5) is 15.8 Å². The number of nitrogens with zero attached hydrogens (tertiary/aromatic N) is 2. The zero-order chi connectivity index (χ0) is 22.1. The van der Waals surface area contributed by atoms with Crippen molar-refractivity contribution >= 4 is 23.2 Å². The van der Waals surface area contributed by atoms with Gasteiger partial charge in [-0.25, -0.2) is 14.8 Å². The Bertz CT molecular complexity index is 982. The summed E-state index contributed by atoms with van der Waals surface area (Å²) in [7, 11) is 0. The van der Waals surface area contributed by atoms with Gasteiger partial charge < -0.3 is 10.1 Å². The van der Waals surface area contributed by atoms with Crippen LogP contribution in [0.2, 0.25) is 0 Å². The molecule has 4 atom stereocenters. The van der Waals surface area contributed by atoms with E-state index in [0.29, 0.717) is 19.6 Å². The number of anilines is 2. The van der Waals surface area contributed by atoms with Gasteiger partial charge in [-0.3, -0.25) is 14.5 Å². The van der Waals surface area contributed by atoms with Gasteiger partial charge in [-0.05, 0) is 37.1 Å². The second-order valence-corrected chi connectivity index (χ2v) is 8.70. The van der Waals surface area contributed by atoms with Crippen molar-refractivity contribution in [2.75, 3.05) is 36.6 Å². The third-order valence-electron chi connectivity index (χ3n) is 6.56. The molecular formula is C24H27FN4O3. The Hall–Kier alpha value is -2.81. The van der Waals surface area contributed by atoms with E-state index in [4.69, 9.17) is 4.74 Å². The predicted octanol–water partition coefficient (Wildman–Crippen LogP) is 2.41. The van der Waals surface area contributed by atoms with Crippen LogP contribution < -0.4 is 15.8 Å². The number of amides is 2. The van der Waals surface area contributed by atoms with Gasteiger partial charge in [0.25, 0.3) is 0 Å². The summed E-state index contributed by atoms with van der Waals surface area (Å²) in [6.45, 7) is 2.47. The normalized spacial score (nSPS) is 28.0. The molecule has 0 spiro atoms. The molecule has 3 aliphatic rings. The average Bonchev–Trinajstić information content (AvgIpc) is 3.43. The van der Waals surface area contributed by atoms with E-state index in [0.717, 1.165) is 25.1 Å². The maximum Gasteiger partial charge on any atom is 0.247 e. The quantitative estimate of drug-likeness (QED) is 0.750. The van der Waals surface area contributed by atoms with E-state index in [1.807, 2.05) is 30.3 Å². The monoisotopic (exact) mass is 438 g/mol. The summed E-state index contributed by atoms with van der Waals surface area (Å²) in [4.78, 5) is 28.8. The molecule has 2 aromatic carbocycles. The molecule has 3 saturated heterocycles. The van der Waals surface area contributed by atoms with Crippen LogP contribution in [0.15, 0.2) is 54.6 Å². The maximum absolute atomic E-state index is 14.2. The number of piperidine rings is 1. The number of para-hydroxylation sites is 2. The lowest BCUT2D eigenvalue weighted by Gasteiger charge is -2.39. The van der Waals surface area contributed by atoms with Crippen LogP contribution in [0, 0.1) is 17.7 Å². The number of hydrazine groups is 1. The number of nitrogens with one attached hydrogen (secondary N) is 2. The summed E-state index contributed by atoms with van der Waals surface area (Å²) in [5.74, 6) is -1.72. The van der Waals surface area contributed by atoms with Gasteiger partial charge in [0.05, 0.1) is 35.4 Å². The molecule has 2 aromatic rings. The zero-order valence-corrected chi connectivity index (χ0v) is 17.7. The molecule has 0 bridgehead atoms. The molecule has 2 amide bonds. The van der Waals surface area contributed by atoms with Crippen molar-refractivity contribution in [2.45, 2.75) is 25.0 Å². The molecule has 0 saturated carbocycles. The molecule has 0 radical (unpaired) electrons. The molecule has 7 nitrogen and oxygen atoms in total. The van der Waals surface area contributed by atoms with Crippen LogP contribution >= 0.6 is 0 Å². The van der Waals surface area contributed by atoms with Gasteiger partial charge in [0, 0.05) is 26.2 Å². The number of fused-ring (bicyclic) bond motifs is 1. The van der Waals surface area contributed by atoms with E-state index >= 15 is 0 Å². The highest BCUT2D eigenvalue weighted by molar-refractivity contribution is 6.00. The highest BCUT2D eigenvalue weighted by Crippen LogP contribution is 2.33. The molecule has 0 aromatic heterocycles. The molecule has 3 aliphatic heterocycles. The highest BCUT2D eigenvalue weighted by atomic mass is 19.1. The first-order chi connectivity index (χ1) is 15.6. The van der Waals surface area contributed by atoms with E-state index in [2.05, 4.69) is 15.6 Å². The van der Waals surface area contributed by atoms with E-state index in [1.54, 1.807) is 23.2 Å². The summed E-state index contributed by atoms with van der Waals surface area (Å²) >= 11 is 0. The first-order valence-corrected chi connectivity index (χ1v) is 11.1. The number of carbonyl (C=O) groups excluding carboxylic acids is 2. The lowest BCUT2D eigenvalue weighted by molar-refractivity contribution is -0.126. The topological polar surface area (TPSA) is 73.9 Å². The summed E-state index contributed by atoms with van der Waals surface area (Å²) in [5, 5.41) is 4.28. The lowest BCUT2D eigenvalue weighted by Crippen LogP contribution is -2.57. The number of hydrogen-bond donors (Lipinski definition) is 2. The van der Waals surface area contributed by atoms with Crippen molar-refractivity contribution < 1.29 is 18.7 Å². The van der Waals surface area contributed by atoms with Gasteiger partial charge in [-0.15, -0.1) is 0 Å². The second kappa shape index (κ2) is 8.97. The van der Waals surface area contributed by atoms with Crippen molar-refractivity contribution in [1.82, 2.24) is 10.3 Å². The van der Waals surface area contributed by atoms with Crippen LogP contribution in [-0.2, 0) is 14.3 Å². The van der Waals surface area contributed by atoms with Crippen LogP contribution in [-0.4, -0.2) is 55.1 Å². The minimum atomic E-state index is -0.521. The van der Waals surface area contributed by atoms with Crippen molar-refractivity contribution in [3.63, 3.8) is 0 Å². The summed E-state index contributed by atoms with van der Waals surface area (Å²) in [6, 6.07) is 15.1. The molecule has 5 rings (SSSR count). The lowest BCUT2D eigenvalue weighted by atomic mass is 9.83. The van der Waals surface area contributed by atoms with Crippen LogP contribution in [0.5, 0.6) is 0 Å². The zero-order valence-electron chi connectivity index (χ0n) is 17.7. The molecule has 32 heavy (non-hydrogen) atoms. The van der Waals surface area contributed by atoms with Crippen molar-refractivity contribution in [2.24, 2.45) is 11.8 Å². The minimum Gasteiger partial charge on any atom is -0.377 e. The summed E-state index contributed by atoms with van der Waals surface area (Å²) < 4.78 is 19.9. The smallest absolute Gasteiger partial charge is 0.247 e. The maximum atomic E-state index is 14.2. The Morgan fingerprint density at radius 2 is 1.91 bits per heavy atom. The number of hydrogen-bond acceptors (Lipinski definition) is 5. The second-order valence-electron chi connectivity index (χ2n) is 8.70. The molecule has 4 unspecified atom stereocenters. The molecule has 3 heterocycles. The van der Waals surface area contributed by atoms with Crippen molar-refractivity contribution in [1.29, 1.82) is 0 Å². The van der Waals surface area contributed by atoms with E-state index in [-0.39, 0.29) is 35.6 Å². The van der Waals surface area contributed by atoms with Gasteiger partial charge in [-0.1, -0.05) is 30.3 Å². The molecule has 8 heteroatoms. The number of ether oxygens (including phenoxy) is 1. The highest BCUT2D eigenvalue weighted by Gasteiger charge is 2.51. The molecule has 168 valence electrons. The van der Waals surface area contributed by atoms with E-state index < -0.39 is 11.7 Å². The fourth-order valence-electron chi connectivity index (χ4n) is 4.97. The number of likely N-dealkylation sites (tertiary alicyclic amines) is 1. The van der Waals surface area contributed by atoms with Gasteiger partial charge in [0.15, 0.2) is 0 Å². The first-order valence-electron chi connectivity index (χ1n) is 11.1. The number of benzene rings is 2. The predicted molar refractivity (Wildman–Crippen MR) is 118 cm³/mol.